The molecule has 9 nitrogen and oxygen atoms in total. The van der Waals surface area contributed by atoms with Crippen molar-refractivity contribution in [3.8, 4) is 0 Å². The van der Waals surface area contributed by atoms with Crippen LogP contribution in [0.2, 0.25) is 0 Å². The number of nitrogens with zero attached hydrogens (tertiary/aromatic N) is 4. The Balaban J connectivity index is 2.20. The number of sulfonamides is 1. The summed E-state index contributed by atoms with van der Waals surface area (Å²) >= 11 is 0. The van der Waals surface area contributed by atoms with E-state index in [1.807, 2.05) is 0 Å². The summed E-state index contributed by atoms with van der Waals surface area (Å²) in [5, 5.41) is 19.3. The Morgan fingerprint density at radius 1 is 1.29 bits per heavy atom. The van der Waals surface area contributed by atoms with Crippen molar-refractivity contribution < 1.29 is 8.42 Å². The maximum absolute atomic E-state index is 12.0. The molecule has 0 amide bonds. The third-order valence-electron chi connectivity index (χ3n) is 2.14. The first-order valence-electron chi connectivity index (χ1n) is 4.74. The normalized spacial score (nSPS) is 11.9. The fourth-order valence-electron chi connectivity index (χ4n) is 1.43. The van der Waals surface area contributed by atoms with E-state index in [1.54, 1.807) is 13.8 Å². The Bertz CT molecular complexity index is 581. The maximum Gasteiger partial charge on any atom is 0.244 e. The van der Waals surface area contributed by atoms with Gasteiger partial charge in [-0.25, -0.2) is 13.1 Å². The molecule has 92 valence electrons. The molecule has 10 heteroatoms. The average molecular weight is 257 g/mol. The highest BCUT2D eigenvalue weighted by Crippen LogP contribution is 2.16. The molecule has 0 unspecified atom stereocenters. The fourth-order valence-corrected chi connectivity index (χ4v) is 2.77. The predicted molar refractivity (Wildman–Crippen MR) is 56.3 cm³/mol. The zero-order valence-corrected chi connectivity index (χ0v) is 10.0. The van der Waals surface area contributed by atoms with Crippen LogP contribution in [-0.4, -0.2) is 39.2 Å². The minimum absolute atomic E-state index is 0.0249. The van der Waals surface area contributed by atoms with Crippen LogP contribution in [0.25, 0.3) is 0 Å². The molecular formula is C7H11N7O2S. The summed E-state index contributed by atoms with van der Waals surface area (Å²) < 4.78 is 26.3. The van der Waals surface area contributed by atoms with E-state index in [0.29, 0.717) is 11.4 Å². The van der Waals surface area contributed by atoms with Gasteiger partial charge in [0.2, 0.25) is 10.0 Å². The van der Waals surface area contributed by atoms with E-state index in [0.717, 1.165) is 0 Å². The molecule has 0 saturated heterocycles. The molecule has 0 aromatic carbocycles. The van der Waals surface area contributed by atoms with Crippen molar-refractivity contribution in [2.75, 3.05) is 0 Å². The van der Waals surface area contributed by atoms with Gasteiger partial charge in [-0.1, -0.05) is 5.21 Å². The van der Waals surface area contributed by atoms with Gasteiger partial charge in [-0.2, -0.15) is 10.3 Å². The van der Waals surface area contributed by atoms with Gasteiger partial charge in [0.05, 0.1) is 17.9 Å². The maximum atomic E-state index is 12.0. The van der Waals surface area contributed by atoms with Crippen molar-refractivity contribution in [2.24, 2.45) is 0 Å². The lowest BCUT2D eigenvalue weighted by molar-refractivity contribution is 0.578. The molecule has 0 bridgehead atoms. The molecule has 17 heavy (non-hydrogen) atoms. The minimum atomic E-state index is -3.62. The van der Waals surface area contributed by atoms with Crippen LogP contribution < -0.4 is 4.72 Å². The van der Waals surface area contributed by atoms with Crippen molar-refractivity contribution >= 4 is 10.0 Å². The zero-order chi connectivity index (χ0) is 12.5. The zero-order valence-electron chi connectivity index (χ0n) is 9.22. The second-order valence-corrected chi connectivity index (χ2v) is 5.12. The highest BCUT2D eigenvalue weighted by Gasteiger charge is 2.22. The summed E-state index contributed by atoms with van der Waals surface area (Å²) in [6.45, 7) is 3.23. The van der Waals surface area contributed by atoms with E-state index >= 15 is 0 Å². The van der Waals surface area contributed by atoms with Crippen LogP contribution in [0.1, 0.15) is 17.2 Å². The number of aromatic amines is 2. The van der Waals surface area contributed by atoms with Crippen LogP contribution >= 0.6 is 0 Å². The number of hydrogen-bond donors (Lipinski definition) is 3. The Morgan fingerprint density at radius 3 is 2.59 bits per heavy atom. The summed E-state index contributed by atoms with van der Waals surface area (Å²) in [5.41, 5.74) is 0.909. The van der Waals surface area contributed by atoms with E-state index in [4.69, 9.17) is 0 Å². The standard InChI is InChI=1S/C7H11N7O2S/c1-4-7(5(2)10-9-4)17(15,16)8-3-6-11-13-14-12-6/h8H,3H2,1-2H3,(H,9,10)(H,11,12,13,14). The molecule has 0 spiro atoms. The molecule has 0 aliphatic carbocycles. The van der Waals surface area contributed by atoms with Crippen molar-refractivity contribution in [1.82, 2.24) is 35.5 Å². The molecule has 2 rings (SSSR count). The van der Waals surface area contributed by atoms with Gasteiger partial charge in [-0.05, 0) is 13.8 Å². The van der Waals surface area contributed by atoms with E-state index < -0.39 is 10.0 Å². The van der Waals surface area contributed by atoms with Crippen LogP contribution in [0.3, 0.4) is 0 Å². The SMILES string of the molecule is Cc1n[nH]c(C)c1S(=O)(=O)NCc1nn[nH]n1. The van der Waals surface area contributed by atoms with Gasteiger partial charge in [-0.3, -0.25) is 5.10 Å². The molecule has 0 aliphatic heterocycles. The molecule has 2 aromatic rings. The van der Waals surface area contributed by atoms with Crippen molar-refractivity contribution in [1.29, 1.82) is 0 Å². The first-order valence-corrected chi connectivity index (χ1v) is 6.22. The summed E-state index contributed by atoms with van der Waals surface area (Å²) in [4.78, 5) is 0.154. The first kappa shape index (κ1) is 11.7. The van der Waals surface area contributed by atoms with E-state index in [-0.39, 0.29) is 17.3 Å². The van der Waals surface area contributed by atoms with Gasteiger partial charge in [0.15, 0.2) is 5.82 Å². The fraction of sp³-hybridized carbons (Fsp3) is 0.429. The number of rotatable bonds is 4. The van der Waals surface area contributed by atoms with Crippen LogP contribution in [0, 0.1) is 13.8 Å². The lowest BCUT2D eigenvalue weighted by Crippen LogP contribution is -2.24. The highest BCUT2D eigenvalue weighted by atomic mass is 32.2. The summed E-state index contributed by atoms with van der Waals surface area (Å²) in [7, 11) is -3.62. The number of H-pyrrole nitrogens is 2. The number of aromatic nitrogens is 6. The van der Waals surface area contributed by atoms with E-state index in [2.05, 4.69) is 35.5 Å². The quantitative estimate of drug-likeness (QED) is 0.645. The molecular weight excluding hydrogens is 246 g/mol. The molecule has 0 radical (unpaired) electrons. The molecule has 0 fully saturated rings. The van der Waals surface area contributed by atoms with Crippen LogP contribution in [0.5, 0.6) is 0 Å². The van der Waals surface area contributed by atoms with E-state index in [9.17, 15) is 8.42 Å². The second kappa shape index (κ2) is 4.22. The number of nitrogens with one attached hydrogen (secondary N) is 3. The third-order valence-corrected chi connectivity index (χ3v) is 3.80. The number of aryl methyl sites for hydroxylation is 2. The molecule has 2 heterocycles. The van der Waals surface area contributed by atoms with Crippen molar-refractivity contribution in [3.05, 3.63) is 17.2 Å². The average Bonchev–Trinajstić information content (AvgIpc) is 2.86. The summed E-state index contributed by atoms with van der Waals surface area (Å²) in [5.74, 6) is 0.271. The monoisotopic (exact) mass is 257 g/mol. The van der Waals surface area contributed by atoms with Crippen LogP contribution in [-0.2, 0) is 16.6 Å². The summed E-state index contributed by atoms with van der Waals surface area (Å²) in [6.07, 6.45) is 0. The van der Waals surface area contributed by atoms with Gasteiger partial charge >= 0.3 is 0 Å². The van der Waals surface area contributed by atoms with Crippen LogP contribution in [0.4, 0.5) is 0 Å². The van der Waals surface area contributed by atoms with Crippen LogP contribution in [0.15, 0.2) is 4.90 Å². The highest BCUT2D eigenvalue weighted by molar-refractivity contribution is 7.89. The third kappa shape index (κ3) is 2.31. The van der Waals surface area contributed by atoms with Gasteiger partial charge in [0, 0.05) is 0 Å². The lowest BCUT2D eigenvalue weighted by atomic mass is 10.4. The molecule has 3 N–H and O–H groups in total. The van der Waals surface area contributed by atoms with Gasteiger partial charge in [-0.15, -0.1) is 10.2 Å². The molecule has 0 saturated carbocycles. The Hall–Kier alpha value is -1.81. The Kier molecular flexibility index (Phi) is 2.90. The largest absolute Gasteiger partial charge is 0.281 e. The molecule has 2 aromatic heterocycles. The van der Waals surface area contributed by atoms with Gasteiger partial charge in [0.25, 0.3) is 0 Å². The molecule has 0 atom stereocenters. The number of tetrazole rings is 1. The van der Waals surface area contributed by atoms with Gasteiger partial charge in [0.1, 0.15) is 4.90 Å². The van der Waals surface area contributed by atoms with Gasteiger partial charge < -0.3 is 0 Å². The minimum Gasteiger partial charge on any atom is -0.281 e. The number of hydrogen-bond acceptors (Lipinski definition) is 6. The Morgan fingerprint density at radius 2 is 2.06 bits per heavy atom. The second-order valence-electron chi connectivity index (χ2n) is 3.42. The Labute approximate surface area is 97.1 Å². The summed E-state index contributed by atoms with van der Waals surface area (Å²) in [6, 6.07) is 0. The topological polar surface area (TPSA) is 129 Å². The van der Waals surface area contributed by atoms with E-state index in [1.165, 1.54) is 0 Å². The lowest BCUT2D eigenvalue weighted by Gasteiger charge is -2.04. The van der Waals surface area contributed by atoms with Crippen molar-refractivity contribution in [2.45, 2.75) is 25.3 Å². The van der Waals surface area contributed by atoms with Crippen molar-refractivity contribution in [3.63, 3.8) is 0 Å². The first-order chi connectivity index (χ1) is 8.00. The smallest absolute Gasteiger partial charge is 0.244 e. The molecule has 0 aliphatic rings. The predicted octanol–water partition coefficient (Wildman–Crippen LogP) is -0.982.